The van der Waals surface area contributed by atoms with Crippen molar-refractivity contribution in [1.29, 1.82) is 0 Å². The van der Waals surface area contributed by atoms with E-state index < -0.39 is 12.4 Å². The highest BCUT2D eigenvalue weighted by atomic mass is 19.1. The minimum absolute atomic E-state index is 0.0761. The van der Waals surface area contributed by atoms with E-state index in [2.05, 4.69) is 0 Å². The molecule has 0 aliphatic carbocycles. The minimum Gasteiger partial charge on any atom is -0.392 e. The lowest BCUT2D eigenvalue weighted by Gasteiger charge is -2.35. The van der Waals surface area contributed by atoms with Crippen LogP contribution in [0.4, 0.5) is 4.39 Å². The Balaban J connectivity index is 2.39. The Labute approximate surface area is 71.8 Å². The van der Waals surface area contributed by atoms with E-state index in [4.69, 9.17) is 5.11 Å². The van der Waals surface area contributed by atoms with Crippen LogP contribution in [0.2, 0.25) is 0 Å². The molecule has 1 aliphatic rings. The first-order chi connectivity index (χ1) is 5.65. The normalized spacial score (nSPS) is 35.0. The second-order valence-electron chi connectivity index (χ2n) is 3.44. The van der Waals surface area contributed by atoms with Crippen molar-refractivity contribution >= 4 is 0 Å². The molecule has 0 bridgehead atoms. The van der Waals surface area contributed by atoms with Crippen LogP contribution in [-0.2, 0) is 0 Å². The first kappa shape index (κ1) is 9.89. The quantitative estimate of drug-likeness (QED) is 0.623. The molecule has 0 aromatic rings. The van der Waals surface area contributed by atoms with Gasteiger partial charge in [0.15, 0.2) is 0 Å². The van der Waals surface area contributed by atoms with Gasteiger partial charge in [-0.2, -0.15) is 0 Å². The molecule has 1 rings (SSSR count). The van der Waals surface area contributed by atoms with Crippen molar-refractivity contribution in [2.24, 2.45) is 5.92 Å². The first-order valence-corrected chi connectivity index (χ1v) is 4.32. The number of aliphatic hydroxyl groups is 2. The molecule has 2 N–H and O–H groups in total. The first-order valence-electron chi connectivity index (χ1n) is 4.32. The van der Waals surface area contributed by atoms with Crippen LogP contribution in [0, 0.1) is 5.92 Å². The molecule has 72 valence electrons. The Kier molecular flexibility index (Phi) is 3.43. The second kappa shape index (κ2) is 4.16. The van der Waals surface area contributed by atoms with E-state index in [-0.39, 0.29) is 19.1 Å². The average Bonchev–Trinajstić information content (AvgIpc) is 2.08. The summed E-state index contributed by atoms with van der Waals surface area (Å²) in [6.07, 6.45) is -1.02. The van der Waals surface area contributed by atoms with Gasteiger partial charge in [-0.25, -0.2) is 4.39 Å². The smallest absolute Gasteiger partial charge is 0.130 e. The van der Waals surface area contributed by atoms with Gasteiger partial charge in [-0.3, -0.25) is 4.90 Å². The van der Waals surface area contributed by atoms with Crippen molar-refractivity contribution in [3.05, 3.63) is 0 Å². The van der Waals surface area contributed by atoms with Gasteiger partial charge in [0.2, 0.25) is 0 Å². The van der Waals surface area contributed by atoms with Crippen molar-refractivity contribution in [3.63, 3.8) is 0 Å². The lowest BCUT2D eigenvalue weighted by molar-refractivity contribution is -0.0664. The monoisotopic (exact) mass is 177 g/mol. The van der Waals surface area contributed by atoms with Gasteiger partial charge < -0.3 is 10.2 Å². The van der Waals surface area contributed by atoms with E-state index in [1.807, 2.05) is 6.92 Å². The van der Waals surface area contributed by atoms with Crippen LogP contribution in [0.5, 0.6) is 0 Å². The van der Waals surface area contributed by atoms with Gasteiger partial charge in [0, 0.05) is 13.1 Å². The van der Waals surface area contributed by atoms with E-state index in [1.165, 1.54) is 0 Å². The molecule has 1 heterocycles. The molecular formula is C8H16FNO2. The molecule has 1 saturated heterocycles. The number of hydrogen-bond acceptors (Lipinski definition) is 3. The Hall–Kier alpha value is -0.190. The van der Waals surface area contributed by atoms with E-state index in [9.17, 15) is 9.50 Å². The molecular weight excluding hydrogens is 161 g/mol. The van der Waals surface area contributed by atoms with Gasteiger partial charge in [-0.1, -0.05) is 6.92 Å². The number of hydrogen-bond donors (Lipinski definition) is 2. The Morgan fingerprint density at radius 1 is 1.67 bits per heavy atom. The largest absolute Gasteiger partial charge is 0.392 e. The summed E-state index contributed by atoms with van der Waals surface area (Å²) in [7, 11) is 0. The van der Waals surface area contributed by atoms with Crippen molar-refractivity contribution in [3.8, 4) is 0 Å². The Morgan fingerprint density at radius 2 is 2.33 bits per heavy atom. The molecule has 0 spiro atoms. The zero-order valence-corrected chi connectivity index (χ0v) is 7.28. The van der Waals surface area contributed by atoms with Crippen LogP contribution >= 0.6 is 0 Å². The van der Waals surface area contributed by atoms with Crippen LogP contribution < -0.4 is 0 Å². The SMILES string of the molecule is C[C@H]1CCN(C(O)CO)C[C@H]1F. The average molecular weight is 177 g/mol. The fourth-order valence-electron chi connectivity index (χ4n) is 1.43. The van der Waals surface area contributed by atoms with Gasteiger partial charge in [0.1, 0.15) is 12.4 Å². The third-order valence-electron chi connectivity index (χ3n) is 2.48. The molecule has 3 nitrogen and oxygen atoms in total. The maximum absolute atomic E-state index is 13.1. The maximum atomic E-state index is 13.1. The predicted octanol–water partition coefficient (Wildman–Crippen LogP) is -0.0230. The highest BCUT2D eigenvalue weighted by Gasteiger charge is 2.28. The standard InChI is InChI=1S/C8H16FNO2/c1-6-2-3-10(4-7(6)9)8(12)5-11/h6-8,11-12H,2-5H2,1H3/t6-,7+,8?/m0/s1. The van der Waals surface area contributed by atoms with E-state index >= 15 is 0 Å². The van der Waals surface area contributed by atoms with E-state index in [1.54, 1.807) is 4.90 Å². The number of aliphatic hydroxyl groups excluding tert-OH is 2. The van der Waals surface area contributed by atoms with E-state index in [0.29, 0.717) is 6.54 Å². The summed E-state index contributed by atoms with van der Waals surface area (Å²) < 4.78 is 13.1. The van der Waals surface area contributed by atoms with Crippen molar-refractivity contribution in [1.82, 2.24) is 4.90 Å². The van der Waals surface area contributed by atoms with Crippen LogP contribution in [0.15, 0.2) is 0 Å². The molecule has 0 radical (unpaired) electrons. The summed E-state index contributed by atoms with van der Waals surface area (Å²) in [5.74, 6) is 0.0761. The molecule has 12 heavy (non-hydrogen) atoms. The summed E-state index contributed by atoms with van der Waals surface area (Å²) in [5.41, 5.74) is 0. The molecule has 4 heteroatoms. The summed E-state index contributed by atoms with van der Waals surface area (Å²) in [4.78, 5) is 1.57. The number of rotatable bonds is 2. The molecule has 0 saturated carbocycles. The third kappa shape index (κ3) is 2.15. The Morgan fingerprint density at radius 3 is 2.83 bits per heavy atom. The minimum atomic E-state index is -0.893. The topological polar surface area (TPSA) is 43.7 Å². The summed E-state index contributed by atoms with van der Waals surface area (Å²) in [5, 5.41) is 17.8. The maximum Gasteiger partial charge on any atom is 0.130 e. The number of alkyl halides is 1. The zero-order chi connectivity index (χ0) is 9.14. The highest BCUT2D eigenvalue weighted by Crippen LogP contribution is 2.20. The van der Waals surface area contributed by atoms with Crippen LogP contribution in [0.25, 0.3) is 0 Å². The molecule has 3 atom stereocenters. The molecule has 1 aliphatic heterocycles. The molecule has 0 aromatic heterocycles. The molecule has 0 aromatic carbocycles. The number of nitrogens with zero attached hydrogens (tertiary/aromatic N) is 1. The molecule has 0 amide bonds. The van der Waals surface area contributed by atoms with Crippen LogP contribution in [-0.4, -0.2) is 47.2 Å². The number of likely N-dealkylation sites (tertiary alicyclic amines) is 1. The highest BCUT2D eigenvalue weighted by molar-refractivity contribution is 4.78. The van der Waals surface area contributed by atoms with Crippen molar-refractivity contribution in [2.45, 2.75) is 25.7 Å². The predicted molar refractivity (Wildman–Crippen MR) is 43.3 cm³/mol. The fraction of sp³-hybridized carbons (Fsp3) is 1.00. The van der Waals surface area contributed by atoms with Crippen LogP contribution in [0.3, 0.4) is 0 Å². The van der Waals surface area contributed by atoms with Crippen molar-refractivity contribution < 1.29 is 14.6 Å². The van der Waals surface area contributed by atoms with Gasteiger partial charge in [0.05, 0.1) is 6.61 Å². The van der Waals surface area contributed by atoms with Crippen molar-refractivity contribution in [2.75, 3.05) is 19.7 Å². The molecule has 1 fully saturated rings. The fourth-order valence-corrected chi connectivity index (χ4v) is 1.43. The summed E-state index contributed by atoms with van der Waals surface area (Å²) in [6.45, 7) is 2.46. The Bertz CT molecular complexity index is 145. The third-order valence-corrected chi connectivity index (χ3v) is 2.48. The number of piperidine rings is 1. The summed E-state index contributed by atoms with van der Waals surface area (Å²) in [6, 6.07) is 0. The number of halogens is 1. The molecule has 1 unspecified atom stereocenters. The second-order valence-corrected chi connectivity index (χ2v) is 3.44. The lowest BCUT2D eigenvalue weighted by Crippen LogP contribution is -2.47. The van der Waals surface area contributed by atoms with Crippen LogP contribution in [0.1, 0.15) is 13.3 Å². The van der Waals surface area contributed by atoms with Gasteiger partial charge in [0.25, 0.3) is 0 Å². The van der Waals surface area contributed by atoms with Gasteiger partial charge >= 0.3 is 0 Å². The van der Waals surface area contributed by atoms with E-state index in [0.717, 1.165) is 6.42 Å². The summed E-state index contributed by atoms with van der Waals surface area (Å²) >= 11 is 0. The van der Waals surface area contributed by atoms with Gasteiger partial charge in [-0.15, -0.1) is 0 Å². The zero-order valence-electron chi connectivity index (χ0n) is 7.28. The lowest BCUT2D eigenvalue weighted by atomic mass is 9.97. The van der Waals surface area contributed by atoms with Gasteiger partial charge in [-0.05, 0) is 12.3 Å².